The van der Waals surface area contributed by atoms with Gasteiger partial charge in [-0.3, -0.25) is 0 Å². The van der Waals surface area contributed by atoms with E-state index in [0.717, 1.165) is 31.5 Å². The minimum Gasteiger partial charge on any atom is -0.464 e. The van der Waals surface area contributed by atoms with Crippen LogP contribution in [0.1, 0.15) is 45.2 Å². The van der Waals surface area contributed by atoms with Gasteiger partial charge in [0.15, 0.2) is 0 Å². The molecule has 2 heteroatoms. The van der Waals surface area contributed by atoms with Crippen LogP contribution < -0.4 is 5.32 Å². The van der Waals surface area contributed by atoms with E-state index >= 15 is 0 Å². The molecule has 0 radical (unpaired) electrons. The predicted octanol–water partition coefficient (Wildman–Crippen LogP) is 4.27. The standard InChI is InChI=1S/C17H25NO/c1-5-17(3,4)14-7-8-16-15(11-14)13(12-19-16)9-10-18-6-2/h7-8,11-12,18H,5-6,9-10H2,1-4H3. The molecule has 1 N–H and O–H groups in total. The Hall–Kier alpha value is -1.28. The maximum absolute atomic E-state index is 5.65. The number of fused-ring (bicyclic) bond motifs is 1. The highest BCUT2D eigenvalue weighted by Gasteiger charge is 2.19. The summed E-state index contributed by atoms with van der Waals surface area (Å²) in [6.07, 6.45) is 4.07. The lowest BCUT2D eigenvalue weighted by Crippen LogP contribution is -2.16. The third-order valence-electron chi connectivity index (χ3n) is 4.14. The summed E-state index contributed by atoms with van der Waals surface area (Å²) in [6, 6.07) is 6.62. The van der Waals surface area contributed by atoms with Crippen LogP contribution in [0, 0.1) is 0 Å². The van der Waals surface area contributed by atoms with Gasteiger partial charge >= 0.3 is 0 Å². The smallest absolute Gasteiger partial charge is 0.134 e. The summed E-state index contributed by atoms with van der Waals surface area (Å²) in [5.41, 5.74) is 3.94. The molecule has 0 saturated heterocycles. The lowest BCUT2D eigenvalue weighted by molar-refractivity contribution is 0.506. The Bertz CT molecular complexity index is 539. The van der Waals surface area contributed by atoms with E-state index < -0.39 is 0 Å². The van der Waals surface area contributed by atoms with Gasteiger partial charge in [0, 0.05) is 5.39 Å². The summed E-state index contributed by atoms with van der Waals surface area (Å²) in [5.74, 6) is 0. The summed E-state index contributed by atoms with van der Waals surface area (Å²) in [4.78, 5) is 0. The Balaban J connectivity index is 2.32. The van der Waals surface area contributed by atoms with Crippen LogP contribution >= 0.6 is 0 Å². The van der Waals surface area contributed by atoms with Crippen molar-refractivity contribution in [1.29, 1.82) is 0 Å². The Morgan fingerprint density at radius 1 is 1.21 bits per heavy atom. The number of nitrogens with one attached hydrogen (secondary N) is 1. The zero-order chi connectivity index (χ0) is 13.9. The summed E-state index contributed by atoms with van der Waals surface area (Å²) >= 11 is 0. The van der Waals surface area contributed by atoms with E-state index in [4.69, 9.17) is 4.42 Å². The minimum atomic E-state index is 0.227. The first-order chi connectivity index (χ1) is 9.08. The van der Waals surface area contributed by atoms with E-state index in [0.29, 0.717) is 0 Å². The van der Waals surface area contributed by atoms with E-state index in [1.807, 2.05) is 6.26 Å². The molecule has 0 bridgehead atoms. The molecular formula is C17H25NO. The highest BCUT2D eigenvalue weighted by atomic mass is 16.3. The van der Waals surface area contributed by atoms with Gasteiger partial charge in [-0.1, -0.05) is 33.8 Å². The molecule has 0 fully saturated rings. The molecule has 0 spiro atoms. The fourth-order valence-corrected chi connectivity index (χ4v) is 2.30. The van der Waals surface area contributed by atoms with Crippen molar-refractivity contribution in [1.82, 2.24) is 5.32 Å². The van der Waals surface area contributed by atoms with E-state index in [9.17, 15) is 0 Å². The van der Waals surface area contributed by atoms with Gasteiger partial charge in [-0.15, -0.1) is 0 Å². The third-order valence-corrected chi connectivity index (χ3v) is 4.14. The zero-order valence-corrected chi connectivity index (χ0v) is 12.5. The number of hydrogen-bond donors (Lipinski definition) is 1. The molecule has 1 heterocycles. The largest absolute Gasteiger partial charge is 0.464 e. The number of likely N-dealkylation sites (N-methyl/N-ethyl adjacent to an activating group) is 1. The molecule has 1 aromatic carbocycles. The topological polar surface area (TPSA) is 25.2 Å². The molecule has 0 saturated carbocycles. The zero-order valence-electron chi connectivity index (χ0n) is 12.5. The summed E-state index contributed by atoms with van der Waals surface area (Å²) in [7, 11) is 0. The molecule has 0 aliphatic carbocycles. The molecule has 0 amide bonds. The monoisotopic (exact) mass is 259 g/mol. The van der Waals surface area contributed by atoms with Gasteiger partial charge in [0.25, 0.3) is 0 Å². The normalized spacial score (nSPS) is 12.2. The summed E-state index contributed by atoms with van der Waals surface area (Å²) < 4.78 is 5.65. The van der Waals surface area contributed by atoms with Gasteiger partial charge < -0.3 is 9.73 Å². The molecule has 2 nitrogen and oxygen atoms in total. The molecule has 0 aliphatic rings. The Kier molecular flexibility index (Phi) is 4.31. The van der Waals surface area contributed by atoms with Crippen molar-refractivity contribution in [2.75, 3.05) is 13.1 Å². The first kappa shape index (κ1) is 14.1. The fraction of sp³-hybridized carbons (Fsp3) is 0.529. The maximum Gasteiger partial charge on any atom is 0.134 e. The Labute approximate surface area is 116 Å². The van der Waals surface area contributed by atoms with Gasteiger partial charge in [0.1, 0.15) is 5.58 Å². The maximum atomic E-state index is 5.65. The van der Waals surface area contributed by atoms with Gasteiger partial charge in [0.05, 0.1) is 6.26 Å². The number of benzene rings is 1. The number of rotatable bonds is 6. The molecule has 19 heavy (non-hydrogen) atoms. The van der Waals surface area contributed by atoms with Crippen LogP contribution in [-0.4, -0.2) is 13.1 Å². The molecule has 104 valence electrons. The summed E-state index contributed by atoms with van der Waals surface area (Å²) in [6.45, 7) is 11.0. The van der Waals surface area contributed by atoms with Gasteiger partial charge in [-0.05, 0) is 54.6 Å². The van der Waals surface area contributed by atoms with Crippen molar-refractivity contribution in [3.63, 3.8) is 0 Å². The lowest BCUT2D eigenvalue weighted by Gasteiger charge is -2.23. The van der Waals surface area contributed by atoms with E-state index in [1.165, 1.54) is 16.5 Å². The minimum absolute atomic E-state index is 0.227. The van der Waals surface area contributed by atoms with E-state index in [2.05, 4.69) is 51.2 Å². The van der Waals surface area contributed by atoms with Crippen LogP contribution in [0.5, 0.6) is 0 Å². The van der Waals surface area contributed by atoms with Crippen LogP contribution in [0.3, 0.4) is 0 Å². The van der Waals surface area contributed by atoms with Crippen LogP contribution in [-0.2, 0) is 11.8 Å². The predicted molar refractivity (Wildman–Crippen MR) is 81.8 cm³/mol. The molecule has 0 atom stereocenters. The average Bonchev–Trinajstić information content (AvgIpc) is 2.82. The van der Waals surface area contributed by atoms with Crippen LogP contribution in [0.2, 0.25) is 0 Å². The second kappa shape index (κ2) is 5.79. The number of hydrogen-bond acceptors (Lipinski definition) is 2. The van der Waals surface area contributed by atoms with Crippen molar-refractivity contribution in [2.45, 2.75) is 46.0 Å². The fourth-order valence-electron chi connectivity index (χ4n) is 2.30. The Morgan fingerprint density at radius 3 is 2.68 bits per heavy atom. The third kappa shape index (κ3) is 3.01. The van der Waals surface area contributed by atoms with Crippen molar-refractivity contribution >= 4 is 11.0 Å². The second-order valence-electron chi connectivity index (χ2n) is 5.81. The van der Waals surface area contributed by atoms with Crippen LogP contribution in [0.15, 0.2) is 28.9 Å². The first-order valence-electron chi connectivity index (χ1n) is 7.29. The number of furan rings is 1. The van der Waals surface area contributed by atoms with Crippen molar-refractivity contribution in [3.05, 3.63) is 35.6 Å². The van der Waals surface area contributed by atoms with Crippen molar-refractivity contribution in [3.8, 4) is 0 Å². The van der Waals surface area contributed by atoms with Gasteiger partial charge in [-0.2, -0.15) is 0 Å². The average molecular weight is 259 g/mol. The highest BCUT2D eigenvalue weighted by molar-refractivity contribution is 5.82. The molecule has 0 aliphatic heterocycles. The van der Waals surface area contributed by atoms with E-state index in [-0.39, 0.29) is 5.41 Å². The van der Waals surface area contributed by atoms with Crippen LogP contribution in [0.25, 0.3) is 11.0 Å². The van der Waals surface area contributed by atoms with E-state index in [1.54, 1.807) is 0 Å². The van der Waals surface area contributed by atoms with Crippen molar-refractivity contribution < 1.29 is 4.42 Å². The molecule has 1 aromatic heterocycles. The Morgan fingerprint density at radius 2 is 2.00 bits per heavy atom. The molecule has 2 aromatic rings. The van der Waals surface area contributed by atoms with Gasteiger partial charge in [-0.25, -0.2) is 0 Å². The second-order valence-corrected chi connectivity index (χ2v) is 5.81. The highest BCUT2D eigenvalue weighted by Crippen LogP contribution is 2.31. The molecule has 2 rings (SSSR count). The lowest BCUT2D eigenvalue weighted by atomic mass is 9.82. The van der Waals surface area contributed by atoms with Crippen molar-refractivity contribution in [2.24, 2.45) is 0 Å². The summed E-state index contributed by atoms with van der Waals surface area (Å²) in [5, 5.41) is 4.64. The van der Waals surface area contributed by atoms with Crippen LogP contribution in [0.4, 0.5) is 0 Å². The van der Waals surface area contributed by atoms with Gasteiger partial charge in [0.2, 0.25) is 0 Å². The molecular weight excluding hydrogens is 234 g/mol. The first-order valence-corrected chi connectivity index (χ1v) is 7.29. The quantitative estimate of drug-likeness (QED) is 0.784. The SMILES string of the molecule is CCNCCc1coc2ccc(C(C)(C)CC)cc12. The molecule has 0 unspecified atom stereocenters.